The van der Waals surface area contributed by atoms with Crippen molar-refractivity contribution in [2.45, 2.75) is 0 Å². The minimum atomic E-state index is 0. The van der Waals surface area contributed by atoms with Gasteiger partial charge in [-0.2, -0.15) is 0 Å². The molecule has 17 valence electrons. The fourth-order valence-corrected chi connectivity index (χ4v) is 0. The van der Waals surface area contributed by atoms with Gasteiger partial charge in [0.05, 0.1) is 0 Å². The van der Waals surface area contributed by atoms with Gasteiger partial charge in [-0.25, -0.2) is 0 Å². The zero-order chi connectivity index (χ0) is 2.00. The van der Waals surface area contributed by atoms with Gasteiger partial charge in [0.1, 0.15) is 0 Å². The van der Waals surface area contributed by atoms with E-state index in [0.29, 0.717) is 0 Å². The molecule has 0 aliphatic carbocycles. The predicted octanol–water partition coefficient (Wildman–Crippen LogP) is -0.563. The van der Waals surface area contributed by atoms with Gasteiger partial charge in [0.25, 0.3) is 0 Å². The van der Waals surface area contributed by atoms with Gasteiger partial charge in [0.15, 0.2) is 0 Å². The van der Waals surface area contributed by atoms with Crippen molar-refractivity contribution < 1.29 is 56.2 Å². The molecule has 1 nitrogen and oxygen atoms in total. The molecule has 0 aromatic heterocycles. The van der Waals surface area contributed by atoms with E-state index in [-0.39, 0.29) is 33.1 Å². The second-order valence-electron chi connectivity index (χ2n) is 0. The molecule has 0 rings (SSSR count). The first-order valence-electron chi connectivity index (χ1n) is 0.289. The molecule has 0 spiro atoms. The van der Waals surface area contributed by atoms with Gasteiger partial charge in [-0.3, -0.25) is 0 Å². The summed E-state index contributed by atoms with van der Waals surface area (Å²) in [7, 11) is 0. The van der Waals surface area contributed by atoms with E-state index < -0.39 is 0 Å². The van der Waals surface area contributed by atoms with Crippen LogP contribution in [0.5, 0.6) is 0 Å². The Labute approximate surface area is 66.4 Å². The molecule has 0 aliphatic rings. The molecule has 0 saturated heterocycles. The van der Waals surface area contributed by atoms with Crippen LogP contribution in [0.3, 0.4) is 0 Å². The summed E-state index contributed by atoms with van der Waals surface area (Å²) in [5.74, 6) is 0. The van der Waals surface area contributed by atoms with Gasteiger partial charge < -0.3 is 5.48 Å². The van der Waals surface area contributed by atoms with Gasteiger partial charge in [-0.05, 0) is 0 Å². The Morgan fingerprint density at radius 2 is 1.25 bits per heavy atom. The van der Waals surface area contributed by atoms with E-state index >= 15 is 0 Å². The van der Waals surface area contributed by atoms with E-state index in [2.05, 4.69) is 11.4 Å². The summed E-state index contributed by atoms with van der Waals surface area (Å²) in [6, 6.07) is 0. The Morgan fingerprint density at radius 1 is 1.25 bits per heavy atom. The number of hydrogen-bond donors (Lipinski definition) is 0. The first kappa shape index (κ1) is 16.2. The summed E-state index contributed by atoms with van der Waals surface area (Å²) in [5.41, 5.74) is 0. The number of hydrogen-bond acceptors (Lipinski definition) is 1. The molecule has 1 radical (unpaired) electrons. The Morgan fingerprint density at radius 3 is 1.25 bits per heavy atom. The molecule has 0 saturated carbocycles. The summed E-state index contributed by atoms with van der Waals surface area (Å²) in [4.78, 5) is 0. The van der Waals surface area contributed by atoms with Crippen LogP contribution in [-0.4, -0.2) is 16.9 Å². The quantitative estimate of drug-likeness (QED) is 0.413. The van der Waals surface area contributed by atoms with Gasteiger partial charge in [-0.15, -0.1) is 0 Å². The minimum absolute atomic E-state index is 0. The monoisotopic (exact) mass is 501 g/mol. The Kier molecular flexibility index (Phi) is 74.2. The Hall–Kier alpha value is 2.35. The van der Waals surface area contributed by atoms with Gasteiger partial charge in [0, 0.05) is 0 Å². The van der Waals surface area contributed by atoms with Crippen LogP contribution in [0.15, 0.2) is 0 Å². The standard InChI is InChI=1S/2Hg.H2O.Se/h;;1H2;/q;+1;;/p-1. The molecule has 0 aliphatic heterocycles. The van der Waals surface area contributed by atoms with E-state index in [0.717, 1.165) is 23.1 Å². The summed E-state index contributed by atoms with van der Waals surface area (Å²) in [6.07, 6.45) is 0. The molecule has 0 heterocycles. The molecule has 0 bridgehead atoms. The molecule has 0 aromatic carbocycles. The van der Waals surface area contributed by atoms with Crippen LogP contribution in [0, 0.1) is 0 Å². The van der Waals surface area contributed by atoms with Crippen molar-refractivity contribution in [3.05, 3.63) is 0 Å². The van der Waals surface area contributed by atoms with E-state index in [1.807, 2.05) is 0 Å². The van der Waals surface area contributed by atoms with Crippen LogP contribution in [0.4, 0.5) is 0 Å². The maximum atomic E-state index is 2.82. The van der Waals surface area contributed by atoms with Crippen molar-refractivity contribution in [1.29, 1.82) is 0 Å². The fraction of sp³-hybridized carbons (Fsp3) is 0. The third-order valence-electron chi connectivity index (χ3n) is 0. The average Bonchev–Trinajstić information content (AvgIpc) is 1.00. The second kappa shape index (κ2) is 18.3. The molecule has 4 heteroatoms. The van der Waals surface area contributed by atoms with Crippen molar-refractivity contribution in [2.75, 3.05) is 0 Å². The Bertz CT molecular complexity index is 6.00. The third kappa shape index (κ3) is 8.84. The van der Waals surface area contributed by atoms with E-state index in [4.69, 9.17) is 0 Å². The molecular weight excluding hydrogens is 496 g/mol. The molecular formula is HHg2OSe. The summed E-state index contributed by atoms with van der Waals surface area (Å²) in [5, 5.41) is 0. The van der Waals surface area contributed by atoms with Crippen molar-refractivity contribution in [2.24, 2.45) is 0 Å². The zero-order valence-electron chi connectivity index (χ0n) is 2.27. The first-order valence-corrected chi connectivity index (χ1v) is 13.2. The normalized spacial score (nSPS) is 1.50. The molecule has 0 amide bonds. The SMILES string of the molecule is [Hg+].[OH-].[Se]=[Hg]. The summed E-state index contributed by atoms with van der Waals surface area (Å²) in [6.45, 7) is 0. The molecule has 0 fully saturated rings. The fourth-order valence-electron chi connectivity index (χ4n) is 0. The second-order valence-corrected chi connectivity index (χ2v) is 0. The van der Waals surface area contributed by atoms with E-state index in [1.165, 1.54) is 0 Å². The topological polar surface area (TPSA) is 30.0 Å². The maximum absolute atomic E-state index is 2.82. The summed E-state index contributed by atoms with van der Waals surface area (Å²) < 4.78 is 0. The van der Waals surface area contributed by atoms with Crippen LogP contribution in [0.1, 0.15) is 0 Å². The van der Waals surface area contributed by atoms with Gasteiger partial charge >= 0.3 is 62.1 Å². The average molecular weight is 497 g/mol. The molecule has 0 atom stereocenters. The van der Waals surface area contributed by atoms with Crippen LogP contribution < -0.4 is 0 Å². The molecule has 4 heavy (non-hydrogen) atoms. The van der Waals surface area contributed by atoms with Crippen LogP contribution >= 0.6 is 0 Å². The van der Waals surface area contributed by atoms with E-state index in [1.54, 1.807) is 0 Å². The van der Waals surface area contributed by atoms with Crippen molar-refractivity contribution in [1.82, 2.24) is 0 Å². The Balaban J connectivity index is -0.00000000500. The summed E-state index contributed by atoms with van der Waals surface area (Å²) >= 11 is 3.72. The van der Waals surface area contributed by atoms with Crippen LogP contribution in [-0.2, 0) is 50.7 Å². The van der Waals surface area contributed by atoms with Crippen molar-refractivity contribution >= 4 is 11.4 Å². The van der Waals surface area contributed by atoms with E-state index in [9.17, 15) is 0 Å². The van der Waals surface area contributed by atoms with Crippen LogP contribution in [0.25, 0.3) is 0 Å². The van der Waals surface area contributed by atoms with Gasteiger partial charge in [0.2, 0.25) is 0 Å². The third-order valence-corrected chi connectivity index (χ3v) is 0. The van der Waals surface area contributed by atoms with Crippen molar-refractivity contribution in [3.63, 3.8) is 0 Å². The number of rotatable bonds is 0. The zero-order valence-corrected chi connectivity index (χ0v) is 15.0. The predicted molar refractivity (Wildman–Crippen MR) is 7.69 cm³/mol. The molecule has 0 unspecified atom stereocenters. The first-order chi connectivity index (χ1) is 1.00. The molecule has 1 N–H and O–H groups in total. The molecule has 0 aromatic rings. The van der Waals surface area contributed by atoms with Crippen LogP contribution in [0.2, 0.25) is 0 Å². The van der Waals surface area contributed by atoms with Crippen molar-refractivity contribution in [3.8, 4) is 0 Å². The van der Waals surface area contributed by atoms with Gasteiger partial charge in [-0.1, -0.05) is 0 Å².